The van der Waals surface area contributed by atoms with Crippen molar-refractivity contribution in [3.63, 3.8) is 0 Å². The minimum Gasteiger partial charge on any atom is -0.373 e. The highest BCUT2D eigenvalue weighted by atomic mass is 32.2. The molecular formula is C14H17N3OS. The third-order valence-corrected chi connectivity index (χ3v) is 4.29. The largest absolute Gasteiger partial charge is 0.373 e. The molecule has 1 atom stereocenters. The lowest BCUT2D eigenvalue weighted by molar-refractivity contribution is 0.360. The number of hydrogen-bond donors (Lipinski definition) is 1. The summed E-state index contributed by atoms with van der Waals surface area (Å²) in [6, 6.07) is 8.44. The molecule has 2 heterocycles. The van der Waals surface area contributed by atoms with Crippen molar-refractivity contribution >= 4 is 17.4 Å². The molecule has 2 aromatic rings. The lowest BCUT2D eigenvalue weighted by atomic mass is 10.1. The van der Waals surface area contributed by atoms with Crippen LogP contribution in [0.15, 0.2) is 28.8 Å². The summed E-state index contributed by atoms with van der Waals surface area (Å²) in [4.78, 5) is 4.49. The molecule has 0 spiro atoms. The zero-order valence-corrected chi connectivity index (χ0v) is 11.7. The van der Waals surface area contributed by atoms with E-state index in [1.165, 1.54) is 17.7 Å². The van der Waals surface area contributed by atoms with Gasteiger partial charge in [0, 0.05) is 12.1 Å². The lowest BCUT2D eigenvalue weighted by Gasteiger charge is -2.04. The van der Waals surface area contributed by atoms with Crippen LogP contribution in [0.4, 0.5) is 5.69 Å². The van der Waals surface area contributed by atoms with E-state index in [1.807, 2.05) is 17.8 Å². The van der Waals surface area contributed by atoms with Gasteiger partial charge >= 0.3 is 0 Å². The number of nitrogens with one attached hydrogen (secondary N) is 1. The second-order valence-electron chi connectivity index (χ2n) is 4.66. The number of anilines is 1. The van der Waals surface area contributed by atoms with Gasteiger partial charge in [0.25, 0.3) is 0 Å². The highest BCUT2D eigenvalue weighted by Crippen LogP contribution is 2.33. The number of benzene rings is 1. The van der Waals surface area contributed by atoms with Crippen LogP contribution in [-0.2, 0) is 12.2 Å². The van der Waals surface area contributed by atoms with Crippen LogP contribution in [0.1, 0.15) is 36.7 Å². The summed E-state index contributed by atoms with van der Waals surface area (Å²) in [7, 11) is 0. The predicted molar refractivity (Wildman–Crippen MR) is 77.3 cm³/mol. The van der Waals surface area contributed by atoms with E-state index >= 15 is 0 Å². The molecule has 1 aromatic heterocycles. The van der Waals surface area contributed by atoms with Gasteiger partial charge < -0.3 is 9.84 Å². The van der Waals surface area contributed by atoms with Crippen LogP contribution in [0.3, 0.4) is 0 Å². The van der Waals surface area contributed by atoms with Gasteiger partial charge in [0.2, 0.25) is 5.89 Å². The van der Waals surface area contributed by atoms with E-state index in [1.54, 1.807) is 0 Å². The van der Waals surface area contributed by atoms with Crippen LogP contribution >= 0.6 is 11.8 Å². The molecule has 0 amide bonds. The molecule has 0 saturated heterocycles. The smallest absolute Gasteiger partial charge is 0.249 e. The highest BCUT2D eigenvalue weighted by Gasteiger charge is 2.26. The first-order chi connectivity index (χ1) is 9.36. The monoisotopic (exact) mass is 275 g/mol. The van der Waals surface area contributed by atoms with Gasteiger partial charge in [0.15, 0.2) is 5.82 Å². The van der Waals surface area contributed by atoms with Crippen molar-refractivity contribution in [3.8, 4) is 0 Å². The normalized spacial score (nSPS) is 17.2. The summed E-state index contributed by atoms with van der Waals surface area (Å²) >= 11 is 1.84. The number of nitrogens with zero attached hydrogens (tertiary/aromatic N) is 2. The van der Waals surface area contributed by atoms with Crippen molar-refractivity contribution in [1.29, 1.82) is 0 Å². The van der Waals surface area contributed by atoms with Gasteiger partial charge in [-0.3, -0.25) is 0 Å². The highest BCUT2D eigenvalue weighted by molar-refractivity contribution is 7.98. The lowest BCUT2D eigenvalue weighted by Crippen LogP contribution is -2.06. The molecule has 0 bridgehead atoms. The zero-order valence-electron chi connectivity index (χ0n) is 10.9. The number of thioether (sulfide) groups is 1. The van der Waals surface area contributed by atoms with Gasteiger partial charge in [0.05, 0.1) is 5.75 Å². The molecule has 4 nitrogen and oxygen atoms in total. The van der Waals surface area contributed by atoms with Gasteiger partial charge in [-0.2, -0.15) is 16.7 Å². The molecule has 1 aliphatic rings. The van der Waals surface area contributed by atoms with Crippen LogP contribution in [0.5, 0.6) is 0 Å². The Balaban J connectivity index is 1.65. The summed E-state index contributed by atoms with van der Waals surface area (Å²) in [5.41, 5.74) is 2.49. The molecule has 0 radical (unpaired) electrons. The van der Waals surface area contributed by atoms with Gasteiger partial charge in [-0.1, -0.05) is 30.3 Å². The van der Waals surface area contributed by atoms with Crippen molar-refractivity contribution in [2.75, 3.05) is 11.1 Å². The molecular weight excluding hydrogens is 258 g/mol. The maximum Gasteiger partial charge on any atom is 0.249 e. The van der Waals surface area contributed by atoms with Crippen molar-refractivity contribution < 1.29 is 4.52 Å². The second kappa shape index (κ2) is 5.65. The molecule has 0 fully saturated rings. The standard InChI is InChI=1S/C14H17N3OS/c1-2-7-19-9-13-16-14(18-17-13)12-8-10-5-3-4-6-11(10)15-12/h3-6,12,15H,2,7-9H2,1H3. The third-order valence-electron chi connectivity index (χ3n) is 3.13. The summed E-state index contributed by atoms with van der Waals surface area (Å²) in [5, 5.41) is 7.48. The zero-order chi connectivity index (χ0) is 13.1. The van der Waals surface area contributed by atoms with Crippen LogP contribution in [0.2, 0.25) is 0 Å². The molecule has 19 heavy (non-hydrogen) atoms. The minimum absolute atomic E-state index is 0.120. The summed E-state index contributed by atoms with van der Waals surface area (Å²) in [6.45, 7) is 2.17. The fraction of sp³-hybridized carbons (Fsp3) is 0.429. The topological polar surface area (TPSA) is 51.0 Å². The Kier molecular flexibility index (Phi) is 3.73. The SMILES string of the molecule is CCCSCc1noc(C2Cc3ccccc3N2)n1. The average molecular weight is 275 g/mol. The minimum atomic E-state index is 0.120. The first kappa shape index (κ1) is 12.5. The molecule has 100 valence electrons. The van der Waals surface area contributed by atoms with Crippen LogP contribution in [0.25, 0.3) is 0 Å². The van der Waals surface area contributed by atoms with E-state index in [0.29, 0.717) is 5.89 Å². The number of aromatic nitrogens is 2. The Bertz CT molecular complexity index is 530. The molecule has 0 aliphatic carbocycles. The van der Waals surface area contributed by atoms with Gasteiger partial charge in [-0.25, -0.2) is 0 Å². The summed E-state index contributed by atoms with van der Waals surface area (Å²) in [6.07, 6.45) is 2.09. The van der Waals surface area contributed by atoms with Gasteiger partial charge in [0.1, 0.15) is 6.04 Å². The first-order valence-corrected chi connectivity index (χ1v) is 7.77. The maximum atomic E-state index is 5.37. The molecule has 3 rings (SSSR count). The first-order valence-electron chi connectivity index (χ1n) is 6.61. The molecule has 0 saturated carbocycles. The molecule has 1 unspecified atom stereocenters. The number of para-hydroxylation sites is 1. The Morgan fingerprint density at radius 1 is 1.42 bits per heavy atom. The summed E-state index contributed by atoms with van der Waals surface area (Å²) in [5.74, 6) is 3.46. The van der Waals surface area contributed by atoms with E-state index in [2.05, 4.69) is 40.6 Å². The van der Waals surface area contributed by atoms with E-state index in [9.17, 15) is 0 Å². The molecule has 5 heteroatoms. The van der Waals surface area contributed by atoms with Gasteiger partial charge in [-0.15, -0.1) is 0 Å². The molecule has 1 aliphatic heterocycles. The number of fused-ring (bicyclic) bond motifs is 1. The van der Waals surface area contributed by atoms with Crippen LogP contribution in [0, 0.1) is 0 Å². The third kappa shape index (κ3) is 2.76. The van der Waals surface area contributed by atoms with E-state index in [0.717, 1.165) is 23.8 Å². The van der Waals surface area contributed by atoms with Gasteiger partial charge in [-0.05, 0) is 23.8 Å². The predicted octanol–water partition coefficient (Wildman–Crippen LogP) is 3.42. The molecule has 1 N–H and O–H groups in total. The van der Waals surface area contributed by atoms with Crippen LogP contribution < -0.4 is 5.32 Å². The molecule has 1 aromatic carbocycles. The second-order valence-corrected chi connectivity index (χ2v) is 5.76. The Hall–Kier alpha value is -1.49. The van der Waals surface area contributed by atoms with E-state index in [-0.39, 0.29) is 6.04 Å². The maximum absolute atomic E-state index is 5.37. The quantitative estimate of drug-likeness (QED) is 0.847. The van der Waals surface area contributed by atoms with Crippen molar-refractivity contribution in [2.45, 2.75) is 31.6 Å². The summed E-state index contributed by atoms with van der Waals surface area (Å²) < 4.78 is 5.37. The fourth-order valence-corrected chi connectivity index (χ4v) is 2.96. The van der Waals surface area contributed by atoms with Crippen molar-refractivity contribution in [2.24, 2.45) is 0 Å². The Morgan fingerprint density at radius 2 is 2.32 bits per heavy atom. The van der Waals surface area contributed by atoms with Crippen LogP contribution in [-0.4, -0.2) is 15.9 Å². The Morgan fingerprint density at radius 3 is 3.16 bits per heavy atom. The van der Waals surface area contributed by atoms with E-state index in [4.69, 9.17) is 4.52 Å². The van der Waals surface area contributed by atoms with E-state index < -0.39 is 0 Å². The van der Waals surface area contributed by atoms with Crippen molar-refractivity contribution in [3.05, 3.63) is 41.5 Å². The average Bonchev–Trinajstić information content (AvgIpc) is 3.04. The number of hydrogen-bond acceptors (Lipinski definition) is 5. The van der Waals surface area contributed by atoms with Crippen molar-refractivity contribution in [1.82, 2.24) is 10.1 Å². The fourth-order valence-electron chi connectivity index (χ4n) is 2.22. The Labute approximate surface area is 117 Å². The number of rotatable bonds is 5.